The van der Waals surface area contributed by atoms with Gasteiger partial charge in [-0.2, -0.15) is 9.36 Å². The number of hydrogen-bond acceptors (Lipinski definition) is 4. The normalized spacial score (nSPS) is 10.4. The molecule has 0 radical (unpaired) electrons. The minimum Gasteiger partial charge on any atom is -0.374 e. The van der Waals surface area contributed by atoms with Crippen molar-refractivity contribution in [2.75, 3.05) is 5.73 Å². The molecule has 0 aliphatic carbocycles. The summed E-state index contributed by atoms with van der Waals surface area (Å²) in [5, 5.41) is 0.378. The van der Waals surface area contributed by atoms with Crippen molar-refractivity contribution < 1.29 is 4.39 Å². The van der Waals surface area contributed by atoms with Crippen LogP contribution < -0.4 is 5.73 Å². The van der Waals surface area contributed by atoms with Gasteiger partial charge in [-0.3, -0.25) is 0 Å². The van der Waals surface area contributed by atoms with Crippen molar-refractivity contribution in [1.82, 2.24) is 9.36 Å². The summed E-state index contributed by atoms with van der Waals surface area (Å²) >= 11 is 4.16. The van der Waals surface area contributed by atoms with Crippen molar-refractivity contribution in [3.05, 3.63) is 28.5 Å². The van der Waals surface area contributed by atoms with Crippen LogP contribution in [0.2, 0.25) is 0 Å². The average Bonchev–Trinajstić information content (AvgIpc) is 2.57. The second-order valence-electron chi connectivity index (χ2n) is 2.59. The fourth-order valence-electron chi connectivity index (χ4n) is 0.988. The molecule has 1 heterocycles. The third kappa shape index (κ3) is 1.76. The highest BCUT2D eigenvalue weighted by Crippen LogP contribution is 2.23. The Morgan fingerprint density at radius 3 is 2.79 bits per heavy atom. The summed E-state index contributed by atoms with van der Waals surface area (Å²) in [7, 11) is 0. The molecule has 0 amide bonds. The van der Waals surface area contributed by atoms with E-state index in [2.05, 4.69) is 25.3 Å². The van der Waals surface area contributed by atoms with Crippen LogP contribution in [0.3, 0.4) is 0 Å². The van der Waals surface area contributed by atoms with Gasteiger partial charge in [-0.1, -0.05) is 0 Å². The summed E-state index contributed by atoms with van der Waals surface area (Å²) in [4.78, 5) is 3.95. The van der Waals surface area contributed by atoms with Gasteiger partial charge in [0.15, 0.2) is 11.0 Å². The molecule has 3 nitrogen and oxygen atoms in total. The maximum atomic E-state index is 13.1. The smallest absolute Gasteiger partial charge is 0.200 e. The minimum absolute atomic E-state index is 0.337. The van der Waals surface area contributed by atoms with E-state index in [1.807, 2.05) is 0 Å². The lowest BCUT2D eigenvalue weighted by molar-refractivity contribution is 0.621. The van der Waals surface area contributed by atoms with Gasteiger partial charge in [0.05, 0.1) is 4.47 Å². The standard InChI is InChI=1S/C8H5BrFN3S/c9-5-2-1-4(3-6(5)10)7-12-8(11)14-13-7/h1-3H,(H2,11,12,13). The number of aromatic nitrogens is 2. The third-order valence-corrected chi connectivity index (χ3v) is 2.81. The van der Waals surface area contributed by atoms with E-state index >= 15 is 0 Å². The first-order chi connectivity index (χ1) is 6.66. The molecule has 14 heavy (non-hydrogen) atoms. The quantitative estimate of drug-likeness (QED) is 0.869. The zero-order chi connectivity index (χ0) is 10.1. The van der Waals surface area contributed by atoms with Crippen molar-refractivity contribution in [3.63, 3.8) is 0 Å². The van der Waals surface area contributed by atoms with Crippen molar-refractivity contribution in [1.29, 1.82) is 0 Å². The number of anilines is 1. The van der Waals surface area contributed by atoms with Crippen LogP contribution >= 0.6 is 27.5 Å². The first-order valence-corrected chi connectivity index (χ1v) is 5.28. The lowest BCUT2D eigenvalue weighted by Gasteiger charge is -1.96. The number of benzene rings is 1. The van der Waals surface area contributed by atoms with Gasteiger partial charge in [0.25, 0.3) is 0 Å². The second kappa shape index (κ2) is 3.62. The van der Waals surface area contributed by atoms with Crippen LogP contribution in [0.15, 0.2) is 22.7 Å². The summed E-state index contributed by atoms with van der Waals surface area (Å²) in [5.74, 6) is 0.120. The monoisotopic (exact) mass is 273 g/mol. The van der Waals surface area contributed by atoms with Crippen molar-refractivity contribution in [2.24, 2.45) is 0 Å². The van der Waals surface area contributed by atoms with Crippen LogP contribution in [0.1, 0.15) is 0 Å². The highest BCUT2D eigenvalue weighted by molar-refractivity contribution is 9.10. The van der Waals surface area contributed by atoms with Crippen molar-refractivity contribution >= 4 is 32.6 Å². The fraction of sp³-hybridized carbons (Fsp3) is 0. The number of hydrogen-bond donors (Lipinski definition) is 1. The van der Waals surface area contributed by atoms with Crippen LogP contribution in [-0.4, -0.2) is 9.36 Å². The van der Waals surface area contributed by atoms with E-state index in [1.54, 1.807) is 12.1 Å². The SMILES string of the molecule is Nc1nc(-c2ccc(Br)c(F)c2)ns1. The Bertz CT molecular complexity index is 471. The van der Waals surface area contributed by atoms with Crippen LogP contribution in [0.4, 0.5) is 9.52 Å². The lowest BCUT2D eigenvalue weighted by atomic mass is 10.2. The first kappa shape index (κ1) is 9.54. The maximum absolute atomic E-state index is 13.1. The summed E-state index contributed by atoms with van der Waals surface area (Å²) in [6.07, 6.45) is 0. The Morgan fingerprint density at radius 1 is 1.43 bits per heavy atom. The Kier molecular flexibility index (Phi) is 2.47. The van der Waals surface area contributed by atoms with Gasteiger partial charge in [0.1, 0.15) is 5.82 Å². The van der Waals surface area contributed by atoms with Gasteiger partial charge in [-0.15, -0.1) is 0 Å². The lowest BCUT2D eigenvalue weighted by Crippen LogP contribution is -1.85. The Balaban J connectivity index is 2.47. The minimum atomic E-state index is -0.337. The molecule has 0 saturated carbocycles. The predicted octanol–water partition coefficient (Wildman–Crippen LogP) is 2.69. The highest BCUT2D eigenvalue weighted by Gasteiger charge is 2.07. The molecule has 1 aromatic heterocycles. The summed E-state index contributed by atoms with van der Waals surface area (Å²) in [5.41, 5.74) is 6.05. The highest BCUT2D eigenvalue weighted by atomic mass is 79.9. The molecule has 0 unspecified atom stereocenters. The third-order valence-electron chi connectivity index (χ3n) is 1.62. The van der Waals surface area contributed by atoms with Crippen LogP contribution in [-0.2, 0) is 0 Å². The van der Waals surface area contributed by atoms with Gasteiger partial charge in [-0.25, -0.2) is 4.39 Å². The van der Waals surface area contributed by atoms with Crippen molar-refractivity contribution in [3.8, 4) is 11.4 Å². The molecule has 0 aliphatic heterocycles. The van der Waals surface area contributed by atoms with E-state index in [0.29, 0.717) is 21.0 Å². The molecule has 0 bridgehead atoms. The molecular weight excluding hydrogens is 269 g/mol. The van der Waals surface area contributed by atoms with Crippen LogP contribution in [0.25, 0.3) is 11.4 Å². The van der Waals surface area contributed by atoms with Gasteiger partial charge in [-0.05, 0) is 34.1 Å². The average molecular weight is 274 g/mol. The molecule has 1 aromatic carbocycles. The molecule has 0 atom stereocenters. The molecule has 2 aromatic rings. The Hall–Kier alpha value is -1.01. The number of nitrogens with zero attached hydrogens (tertiary/aromatic N) is 2. The number of nitrogen functional groups attached to an aromatic ring is 1. The van der Waals surface area contributed by atoms with E-state index in [4.69, 9.17) is 5.73 Å². The number of halogens is 2. The maximum Gasteiger partial charge on any atom is 0.200 e. The van der Waals surface area contributed by atoms with E-state index in [-0.39, 0.29) is 5.82 Å². The van der Waals surface area contributed by atoms with Gasteiger partial charge < -0.3 is 5.73 Å². The summed E-state index contributed by atoms with van der Waals surface area (Å²) < 4.78 is 17.5. The van der Waals surface area contributed by atoms with Gasteiger partial charge in [0.2, 0.25) is 0 Å². The fourth-order valence-corrected chi connectivity index (χ4v) is 1.69. The molecule has 0 saturated heterocycles. The molecule has 72 valence electrons. The number of rotatable bonds is 1. The van der Waals surface area contributed by atoms with E-state index in [0.717, 1.165) is 11.5 Å². The van der Waals surface area contributed by atoms with E-state index in [9.17, 15) is 4.39 Å². The molecule has 0 fully saturated rings. The molecule has 0 spiro atoms. The molecule has 0 aliphatic rings. The van der Waals surface area contributed by atoms with Crippen LogP contribution in [0.5, 0.6) is 0 Å². The largest absolute Gasteiger partial charge is 0.374 e. The molecule has 2 rings (SSSR count). The first-order valence-electron chi connectivity index (χ1n) is 3.71. The van der Waals surface area contributed by atoms with E-state index < -0.39 is 0 Å². The summed E-state index contributed by atoms with van der Waals surface area (Å²) in [6.45, 7) is 0. The molecule has 2 N–H and O–H groups in total. The summed E-state index contributed by atoms with van der Waals surface area (Å²) in [6, 6.07) is 4.71. The predicted molar refractivity (Wildman–Crippen MR) is 57.4 cm³/mol. The Morgan fingerprint density at radius 2 is 2.21 bits per heavy atom. The van der Waals surface area contributed by atoms with Crippen LogP contribution in [0, 0.1) is 5.82 Å². The topological polar surface area (TPSA) is 51.8 Å². The zero-order valence-corrected chi connectivity index (χ0v) is 9.27. The van der Waals surface area contributed by atoms with Crippen molar-refractivity contribution in [2.45, 2.75) is 0 Å². The van der Waals surface area contributed by atoms with E-state index in [1.165, 1.54) is 6.07 Å². The van der Waals surface area contributed by atoms with Gasteiger partial charge >= 0.3 is 0 Å². The molecule has 6 heteroatoms. The Labute approximate surface area is 92.1 Å². The van der Waals surface area contributed by atoms with Gasteiger partial charge in [0, 0.05) is 17.1 Å². The molecular formula is C8H5BrFN3S. The second-order valence-corrected chi connectivity index (χ2v) is 4.22. The zero-order valence-electron chi connectivity index (χ0n) is 6.87. The number of nitrogens with two attached hydrogens (primary N) is 1.